The van der Waals surface area contributed by atoms with Gasteiger partial charge in [0.15, 0.2) is 0 Å². The van der Waals surface area contributed by atoms with Crippen LogP contribution in [0.2, 0.25) is 0 Å². The van der Waals surface area contributed by atoms with Crippen LogP contribution in [0.4, 0.5) is 8.78 Å². The standard InChI is InChI=1S/C28H28F2N4O2/c1-2-18-4-3-5-19(10-18)15-32-17-27(35)26(13-20-11-22(29)14-23(30)12-20)34-28(36)25-7-6-21-16-31-9-8-24(21)33-25/h3-12,14,16,26-27,32,35H,2,13,15,17H2,1H3,(H,34,36)/t26-,27+/m0/s1. The first-order valence-electron chi connectivity index (χ1n) is 11.8. The number of aryl methyl sites for hydroxylation is 1. The van der Waals surface area contributed by atoms with Crippen molar-refractivity contribution in [2.24, 2.45) is 0 Å². The van der Waals surface area contributed by atoms with Crippen molar-refractivity contribution in [3.63, 3.8) is 0 Å². The number of aromatic nitrogens is 2. The number of rotatable bonds is 10. The summed E-state index contributed by atoms with van der Waals surface area (Å²) >= 11 is 0. The molecule has 0 bridgehead atoms. The Kier molecular flexibility index (Phi) is 8.30. The third-order valence-corrected chi connectivity index (χ3v) is 5.96. The van der Waals surface area contributed by atoms with Gasteiger partial charge >= 0.3 is 0 Å². The highest BCUT2D eigenvalue weighted by Crippen LogP contribution is 2.14. The number of benzene rings is 2. The fourth-order valence-electron chi connectivity index (χ4n) is 4.07. The number of aliphatic hydroxyl groups is 1. The van der Waals surface area contributed by atoms with Gasteiger partial charge in [0, 0.05) is 36.9 Å². The summed E-state index contributed by atoms with van der Waals surface area (Å²) in [6, 6.07) is 15.5. The maximum absolute atomic E-state index is 13.8. The number of aliphatic hydroxyl groups excluding tert-OH is 1. The van der Waals surface area contributed by atoms with Gasteiger partial charge < -0.3 is 15.7 Å². The molecule has 3 N–H and O–H groups in total. The molecule has 0 unspecified atom stereocenters. The summed E-state index contributed by atoms with van der Waals surface area (Å²) in [4.78, 5) is 21.4. The van der Waals surface area contributed by atoms with Crippen LogP contribution in [0.15, 0.2) is 73.1 Å². The molecule has 2 aromatic heterocycles. The quantitative estimate of drug-likeness (QED) is 0.313. The monoisotopic (exact) mass is 490 g/mol. The molecule has 36 heavy (non-hydrogen) atoms. The molecule has 186 valence electrons. The minimum Gasteiger partial charge on any atom is -0.390 e. The Bertz CT molecular complexity index is 1330. The Morgan fingerprint density at radius 3 is 2.56 bits per heavy atom. The predicted molar refractivity (Wildman–Crippen MR) is 134 cm³/mol. The van der Waals surface area contributed by atoms with Gasteiger partial charge in [-0.05, 0) is 59.9 Å². The minimum absolute atomic E-state index is 0.0338. The first-order chi connectivity index (χ1) is 17.4. The van der Waals surface area contributed by atoms with E-state index in [2.05, 4.69) is 39.7 Å². The van der Waals surface area contributed by atoms with Crippen molar-refractivity contribution in [2.75, 3.05) is 6.54 Å². The van der Waals surface area contributed by atoms with E-state index in [-0.39, 0.29) is 18.7 Å². The molecule has 0 spiro atoms. The zero-order chi connectivity index (χ0) is 25.5. The average molecular weight is 491 g/mol. The molecule has 2 heterocycles. The van der Waals surface area contributed by atoms with Crippen LogP contribution in [0.5, 0.6) is 0 Å². The van der Waals surface area contributed by atoms with Crippen molar-refractivity contribution in [2.45, 2.75) is 38.5 Å². The highest BCUT2D eigenvalue weighted by Gasteiger charge is 2.23. The van der Waals surface area contributed by atoms with Gasteiger partial charge in [0.05, 0.1) is 17.7 Å². The maximum atomic E-state index is 13.8. The van der Waals surface area contributed by atoms with Crippen molar-refractivity contribution >= 4 is 16.8 Å². The molecule has 0 aliphatic carbocycles. The Morgan fingerprint density at radius 1 is 1.00 bits per heavy atom. The number of hydrogen-bond acceptors (Lipinski definition) is 5. The molecule has 0 fully saturated rings. The summed E-state index contributed by atoms with van der Waals surface area (Å²) in [6.07, 6.45) is 3.17. The SMILES string of the molecule is CCc1cccc(CNC[C@@H](O)[C@H](Cc2cc(F)cc(F)c2)NC(=O)c2ccc3cnccc3n2)c1. The van der Waals surface area contributed by atoms with E-state index in [1.165, 1.54) is 17.7 Å². The highest BCUT2D eigenvalue weighted by molar-refractivity contribution is 5.95. The molecule has 0 saturated heterocycles. The van der Waals surface area contributed by atoms with E-state index in [0.717, 1.165) is 23.4 Å². The largest absolute Gasteiger partial charge is 0.390 e. The Balaban J connectivity index is 1.48. The second-order valence-electron chi connectivity index (χ2n) is 8.70. The summed E-state index contributed by atoms with van der Waals surface area (Å²) in [7, 11) is 0. The number of carbonyl (C=O) groups excluding carboxylic acids is 1. The Hall–Kier alpha value is -3.75. The van der Waals surface area contributed by atoms with E-state index in [4.69, 9.17) is 0 Å². The summed E-state index contributed by atoms with van der Waals surface area (Å²) < 4.78 is 27.6. The highest BCUT2D eigenvalue weighted by atomic mass is 19.1. The van der Waals surface area contributed by atoms with E-state index >= 15 is 0 Å². The van der Waals surface area contributed by atoms with Crippen molar-refractivity contribution in [3.8, 4) is 0 Å². The van der Waals surface area contributed by atoms with Gasteiger partial charge in [-0.25, -0.2) is 13.8 Å². The van der Waals surface area contributed by atoms with Gasteiger partial charge in [-0.3, -0.25) is 9.78 Å². The van der Waals surface area contributed by atoms with Gasteiger partial charge in [0.2, 0.25) is 0 Å². The Morgan fingerprint density at radius 2 is 1.78 bits per heavy atom. The van der Waals surface area contributed by atoms with Crippen molar-refractivity contribution in [1.82, 2.24) is 20.6 Å². The lowest BCUT2D eigenvalue weighted by atomic mass is 10.00. The molecule has 8 heteroatoms. The second kappa shape index (κ2) is 11.8. The predicted octanol–water partition coefficient (Wildman–Crippen LogP) is 3.96. The van der Waals surface area contributed by atoms with Crippen molar-refractivity contribution in [3.05, 3.63) is 107 Å². The first-order valence-corrected chi connectivity index (χ1v) is 11.8. The minimum atomic E-state index is -1.03. The van der Waals surface area contributed by atoms with Crippen molar-refractivity contribution < 1.29 is 18.7 Å². The molecule has 2 aromatic carbocycles. The molecule has 0 aliphatic heterocycles. The van der Waals surface area contributed by atoms with Gasteiger partial charge in [0.25, 0.3) is 5.91 Å². The number of fused-ring (bicyclic) bond motifs is 1. The van der Waals surface area contributed by atoms with Crippen LogP contribution in [0.3, 0.4) is 0 Å². The van der Waals surface area contributed by atoms with E-state index in [9.17, 15) is 18.7 Å². The van der Waals surface area contributed by atoms with Gasteiger partial charge in [-0.15, -0.1) is 0 Å². The maximum Gasteiger partial charge on any atom is 0.270 e. The zero-order valence-electron chi connectivity index (χ0n) is 19.9. The number of carbonyl (C=O) groups is 1. The number of hydrogen-bond donors (Lipinski definition) is 3. The van der Waals surface area contributed by atoms with Crippen LogP contribution in [0, 0.1) is 11.6 Å². The third kappa shape index (κ3) is 6.68. The van der Waals surface area contributed by atoms with Crippen LogP contribution in [0.25, 0.3) is 10.9 Å². The zero-order valence-corrected chi connectivity index (χ0v) is 19.9. The molecular formula is C28H28F2N4O2. The normalized spacial score (nSPS) is 12.9. The fourth-order valence-corrected chi connectivity index (χ4v) is 4.07. The number of amides is 1. The fraction of sp³-hybridized carbons (Fsp3) is 0.250. The smallest absolute Gasteiger partial charge is 0.270 e. The molecule has 0 saturated carbocycles. The van der Waals surface area contributed by atoms with E-state index in [1.54, 1.807) is 30.6 Å². The summed E-state index contributed by atoms with van der Waals surface area (Å²) in [5, 5.41) is 17.8. The summed E-state index contributed by atoms with van der Waals surface area (Å²) in [5.74, 6) is -1.93. The van der Waals surface area contributed by atoms with Crippen LogP contribution in [-0.4, -0.2) is 39.7 Å². The molecule has 0 aliphatic rings. The molecule has 4 aromatic rings. The Labute approximate surface area is 208 Å². The van der Waals surface area contributed by atoms with E-state index < -0.39 is 29.7 Å². The molecule has 2 atom stereocenters. The van der Waals surface area contributed by atoms with Gasteiger partial charge in [-0.2, -0.15) is 0 Å². The van der Waals surface area contributed by atoms with Gasteiger partial charge in [-0.1, -0.05) is 31.2 Å². The molecule has 0 radical (unpaired) electrons. The first kappa shape index (κ1) is 25.3. The van der Waals surface area contributed by atoms with Crippen LogP contribution in [-0.2, 0) is 19.4 Å². The van der Waals surface area contributed by atoms with E-state index in [1.807, 2.05) is 12.1 Å². The lowest BCUT2D eigenvalue weighted by Crippen LogP contribution is -2.48. The third-order valence-electron chi connectivity index (χ3n) is 5.96. The van der Waals surface area contributed by atoms with Gasteiger partial charge in [0.1, 0.15) is 17.3 Å². The van der Waals surface area contributed by atoms with Crippen LogP contribution in [0.1, 0.15) is 34.1 Å². The summed E-state index contributed by atoms with van der Waals surface area (Å²) in [6.45, 7) is 2.77. The molecule has 6 nitrogen and oxygen atoms in total. The number of halogens is 2. The van der Waals surface area contributed by atoms with Crippen molar-refractivity contribution in [1.29, 1.82) is 0 Å². The summed E-state index contributed by atoms with van der Waals surface area (Å²) in [5.41, 5.74) is 3.39. The lowest BCUT2D eigenvalue weighted by Gasteiger charge is -2.25. The number of nitrogens with one attached hydrogen (secondary N) is 2. The lowest BCUT2D eigenvalue weighted by molar-refractivity contribution is 0.0825. The number of nitrogens with zero attached hydrogens (tertiary/aromatic N) is 2. The molecule has 4 rings (SSSR count). The second-order valence-corrected chi connectivity index (χ2v) is 8.70. The van der Waals surface area contributed by atoms with Crippen LogP contribution < -0.4 is 10.6 Å². The number of pyridine rings is 2. The van der Waals surface area contributed by atoms with E-state index in [0.29, 0.717) is 17.6 Å². The average Bonchev–Trinajstić information content (AvgIpc) is 2.87. The topological polar surface area (TPSA) is 87.1 Å². The molecular weight excluding hydrogens is 462 g/mol. The van der Waals surface area contributed by atoms with Crippen LogP contribution >= 0.6 is 0 Å². The molecule has 1 amide bonds.